The third-order valence-electron chi connectivity index (χ3n) is 4.71. The molecule has 3 rings (SSSR count). The number of carbonyl (C=O) groups excluding carboxylic acids is 2. The summed E-state index contributed by atoms with van der Waals surface area (Å²) in [5.74, 6) is 0.505. The second kappa shape index (κ2) is 11.4. The van der Waals surface area contributed by atoms with E-state index in [4.69, 9.17) is 9.47 Å². The lowest BCUT2D eigenvalue weighted by atomic mass is 10.0. The van der Waals surface area contributed by atoms with E-state index in [1.54, 1.807) is 36.5 Å². The maximum absolute atomic E-state index is 12.4. The van der Waals surface area contributed by atoms with Gasteiger partial charge in [0.25, 0.3) is 11.8 Å². The minimum atomic E-state index is -0.365. The van der Waals surface area contributed by atoms with Gasteiger partial charge in [-0.15, -0.1) is 0 Å². The number of hydrazone groups is 1. The number of ether oxygens (including phenoxy) is 2. The molecular weight excluding hydrogens is 420 g/mol. The van der Waals surface area contributed by atoms with Crippen LogP contribution >= 0.6 is 0 Å². The van der Waals surface area contributed by atoms with Gasteiger partial charge in [0, 0.05) is 18.1 Å². The van der Waals surface area contributed by atoms with Gasteiger partial charge in [-0.05, 0) is 53.4 Å². The number of carbonyl (C=O) groups is 2. The van der Waals surface area contributed by atoms with Crippen LogP contribution in [0.3, 0.4) is 0 Å². The highest BCUT2D eigenvalue weighted by Crippen LogP contribution is 2.28. The Balaban J connectivity index is 1.58. The van der Waals surface area contributed by atoms with Crippen molar-refractivity contribution in [2.75, 3.05) is 19.0 Å². The fourth-order valence-corrected chi connectivity index (χ4v) is 3.05. The summed E-state index contributed by atoms with van der Waals surface area (Å²) in [5, 5.41) is 6.85. The molecule has 1 aromatic heterocycles. The summed E-state index contributed by atoms with van der Waals surface area (Å²) < 4.78 is 11.0. The largest absolute Gasteiger partial charge is 0.493 e. The lowest BCUT2D eigenvalue weighted by molar-refractivity contribution is -0.118. The van der Waals surface area contributed by atoms with E-state index >= 15 is 0 Å². The Labute approximate surface area is 192 Å². The van der Waals surface area contributed by atoms with E-state index in [9.17, 15) is 9.59 Å². The first-order valence-electron chi connectivity index (χ1n) is 10.4. The lowest BCUT2D eigenvalue weighted by Gasteiger charge is -2.15. The maximum atomic E-state index is 12.4. The van der Waals surface area contributed by atoms with Crippen LogP contribution in [-0.4, -0.2) is 36.7 Å². The first-order chi connectivity index (χ1) is 16.0. The Morgan fingerprint density at radius 3 is 2.64 bits per heavy atom. The van der Waals surface area contributed by atoms with Gasteiger partial charge in [-0.25, -0.2) is 5.43 Å². The molecule has 0 atom stereocenters. The van der Waals surface area contributed by atoms with Crippen molar-refractivity contribution in [3.8, 4) is 11.5 Å². The highest BCUT2D eigenvalue weighted by atomic mass is 16.5. The van der Waals surface area contributed by atoms with Crippen LogP contribution in [0.5, 0.6) is 11.5 Å². The Morgan fingerprint density at radius 2 is 1.91 bits per heavy atom. The topological polar surface area (TPSA) is 102 Å². The molecule has 8 heteroatoms. The van der Waals surface area contributed by atoms with Gasteiger partial charge in [-0.2, -0.15) is 5.10 Å². The molecule has 2 N–H and O–H groups in total. The zero-order valence-electron chi connectivity index (χ0n) is 18.7. The normalized spacial score (nSPS) is 10.8. The molecule has 0 fully saturated rings. The number of anilines is 1. The standard InChI is InChI=1S/C25H26N4O4/c1-17(2)20-8-4-5-9-21(20)28-24(30)16-33-22-11-10-18(13-23(22)32-3)14-27-29-25(31)19-7-6-12-26-15-19/h4-15,17H,16H2,1-3H3,(H,28,30)(H,29,31)/b27-14-. The van der Waals surface area contributed by atoms with Crippen LogP contribution < -0.4 is 20.2 Å². The van der Waals surface area contributed by atoms with Gasteiger partial charge in [-0.3, -0.25) is 14.6 Å². The second-order valence-electron chi connectivity index (χ2n) is 7.43. The van der Waals surface area contributed by atoms with Gasteiger partial charge >= 0.3 is 0 Å². The van der Waals surface area contributed by atoms with E-state index in [-0.39, 0.29) is 24.3 Å². The predicted molar refractivity (Wildman–Crippen MR) is 127 cm³/mol. The van der Waals surface area contributed by atoms with Crippen molar-refractivity contribution >= 4 is 23.7 Å². The molecule has 0 saturated carbocycles. The van der Waals surface area contributed by atoms with E-state index in [0.29, 0.717) is 22.6 Å². The number of pyridine rings is 1. The molecular formula is C25H26N4O4. The number of hydrogen-bond donors (Lipinski definition) is 2. The van der Waals surface area contributed by atoms with Gasteiger partial charge in [0.2, 0.25) is 0 Å². The smallest absolute Gasteiger partial charge is 0.272 e. The number of hydrogen-bond acceptors (Lipinski definition) is 6. The van der Waals surface area contributed by atoms with Crippen LogP contribution in [0.25, 0.3) is 0 Å². The minimum absolute atomic E-state index is 0.169. The third-order valence-corrected chi connectivity index (χ3v) is 4.71. The SMILES string of the molecule is COc1cc(/C=N\NC(=O)c2cccnc2)ccc1OCC(=O)Nc1ccccc1C(C)C. The number of benzene rings is 2. The molecule has 0 bridgehead atoms. The van der Waals surface area contributed by atoms with Crippen LogP contribution in [-0.2, 0) is 4.79 Å². The quantitative estimate of drug-likeness (QED) is 0.382. The van der Waals surface area contributed by atoms with Crippen LogP contribution in [0.15, 0.2) is 72.1 Å². The number of aromatic nitrogens is 1. The Kier molecular flexibility index (Phi) is 8.13. The van der Waals surface area contributed by atoms with E-state index in [2.05, 4.69) is 34.7 Å². The predicted octanol–water partition coefficient (Wildman–Crippen LogP) is 4.00. The third kappa shape index (κ3) is 6.64. The molecule has 0 saturated heterocycles. The molecule has 3 aromatic rings. The summed E-state index contributed by atoms with van der Waals surface area (Å²) in [7, 11) is 1.51. The van der Waals surface area contributed by atoms with Crippen LogP contribution in [0, 0.1) is 0 Å². The molecule has 170 valence electrons. The zero-order valence-corrected chi connectivity index (χ0v) is 18.7. The average Bonchev–Trinajstić information content (AvgIpc) is 2.83. The summed E-state index contributed by atoms with van der Waals surface area (Å²) in [6.07, 6.45) is 4.53. The fraction of sp³-hybridized carbons (Fsp3) is 0.200. The van der Waals surface area contributed by atoms with Gasteiger partial charge in [0.1, 0.15) is 0 Å². The van der Waals surface area contributed by atoms with Crippen molar-refractivity contribution in [2.45, 2.75) is 19.8 Å². The summed E-state index contributed by atoms with van der Waals surface area (Å²) >= 11 is 0. The van der Waals surface area contributed by atoms with Gasteiger partial charge < -0.3 is 14.8 Å². The van der Waals surface area contributed by atoms with Crippen molar-refractivity contribution in [3.05, 3.63) is 83.7 Å². The molecule has 0 aliphatic rings. The van der Waals surface area contributed by atoms with Gasteiger partial charge in [0.05, 0.1) is 18.9 Å². The molecule has 8 nitrogen and oxygen atoms in total. The van der Waals surface area contributed by atoms with Crippen molar-refractivity contribution in [3.63, 3.8) is 0 Å². The van der Waals surface area contributed by atoms with Gasteiger partial charge in [0.15, 0.2) is 18.1 Å². The number of nitrogens with zero attached hydrogens (tertiary/aromatic N) is 2. The monoisotopic (exact) mass is 446 g/mol. The molecule has 0 unspecified atom stereocenters. The highest BCUT2D eigenvalue weighted by molar-refractivity contribution is 5.94. The van der Waals surface area contributed by atoms with Crippen LogP contribution in [0.2, 0.25) is 0 Å². The minimum Gasteiger partial charge on any atom is -0.493 e. The first kappa shape index (κ1) is 23.5. The molecule has 0 aliphatic heterocycles. The van der Waals surface area contributed by atoms with Crippen molar-refractivity contribution in [1.82, 2.24) is 10.4 Å². The van der Waals surface area contributed by atoms with E-state index in [1.165, 1.54) is 19.5 Å². The number of rotatable bonds is 9. The average molecular weight is 447 g/mol. The summed E-state index contributed by atoms with van der Waals surface area (Å²) in [5.41, 5.74) is 5.36. The van der Waals surface area contributed by atoms with Crippen molar-refractivity contribution in [2.24, 2.45) is 5.10 Å². The summed E-state index contributed by atoms with van der Waals surface area (Å²) in [6, 6.07) is 16.1. The molecule has 1 heterocycles. The van der Waals surface area contributed by atoms with Crippen molar-refractivity contribution in [1.29, 1.82) is 0 Å². The second-order valence-corrected chi connectivity index (χ2v) is 7.43. The van der Waals surface area contributed by atoms with E-state index < -0.39 is 0 Å². The zero-order chi connectivity index (χ0) is 23.6. The lowest BCUT2D eigenvalue weighted by Crippen LogP contribution is -2.21. The number of methoxy groups -OCH3 is 1. The number of nitrogens with one attached hydrogen (secondary N) is 2. The maximum Gasteiger partial charge on any atom is 0.272 e. The Hall–Kier alpha value is -4.20. The molecule has 0 radical (unpaired) electrons. The molecule has 0 spiro atoms. The molecule has 2 amide bonds. The number of amides is 2. The van der Waals surface area contributed by atoms with Crippen molar-refractivity contribution < 1.29 is 19.1 Å². The van der Waals surface area contributed by atoms with E-state index in [1.807, 2.05) is 24.3 Å². The summed E-state index contributed by atoms with van der Waals surface area (Å²) in [4.78, 5) is 28.3. The first-order valence-corrected chi connectivity index (χ1v) is 10.4. The van der Waals surface area contributed by atoms with Crippen LogP contribution in [0.4, 0.5) is 5.69 Å². The fourth-order valence-electron chi connectivity index (χ4n) is 3.05. The number of para-hydroxylation sites is 1. The molecule has 2 aromatic carbocycles. The Bertz CT molecular complexity index is 1130. The highest BCUT2D eigenvalue weighted by Gasteiger charge is 2.12. The Morgan fingerprint density at radius 1 is 1.09 bits per heavy atom. The molecule has 0 aliphatic carbocycles. The van der Waals surface area contributed by atoms with Crippen LogP contribution in [0.1, 0.15) is 41.3 Å². The summed E-state index contributed by atoms with van der Waals surface area (Å²) in [6.45, 7) is 3.97. The van der Waals surface area contributed by atoms with Gasteiger partial charge in [-0.1, -0.05) is 32.0 Å². The molecule has 33 heavy (non-hydrogen) atoms. The van der Waals surface area contributed by atoms with E-state index in [0.717, 1.165) is 11.3 Å².